The third-order valence-electron chi connectivity index (χ3n) is 2.17. The molecule has 1 aliphatic rings. The summed E-state index contributed by atoms with van der Waals surface area (Å²) in [6.07, 6.45) is 11.8. The second-order valence-electron chi connectivity index (χ2n) is 3.42. The molecule has 1 amide bonds. The van der Waals surface area contributed by atoms with Crippen LogP contribution in [0.15, 0.2) is 65.9 Å². The first kappa shape index (κ1) is 11.1. The molecule has 0 N–H and O–H groups in total. The van der Waals surface area contributed by atoms with E-state index in [4.69, 9.17) is 0 Å². The van der Waals surface area contributed by atoms with Crippen LogP contribution in [0.25, 0.3) is 6.08 Å². The van der Waals surface area contributed by atoms with E-state index >= 15 is 0 Å². The van der Waals surface area contributed by atoms with Crippen LogP contribution in [0.1, 0.15) is 5.56 Å². The fourth-order valence-electron chi connectivity index (χ4n) is 1.33. The molecule has 0 fully saturated rings. The molecule has 0 bridgehead atoms. The van der Waals surface area contributed by atoms with Gasteiger partial charge in [0.1, 0.15) is 0 Å². The molecule has 84 valence electrons. The lowest BCUT2D eigenvalue weighted by Gasteiger charge is -2.07. The summed E-state index contributed by atoms with van der Waals surface area (Å²) in [5.74, 6) is -0.176. The van der Waals surface area contributed by atoms with Crippen molar-refractivity contribution in [3.05, 3.63) is 66.4 Å². The highest BCUT2D eigenvalue weighted by atomic mass is 16.2. The van der Waals surface area contributed by atoms with E-state index in [0.29, 0.717) is 0 Å². The zero-order valence-corrected chi connectivity index (χ0v) is 9.23. The smallest absolute Gasteiger partial charge is 0.267 e. The Labute approximate surface area is 100 Å². The number of nitrogens with zero attached hydrogens (tertiary/aromatic N) is 2. The Morgan fingerprint density at radius 2 is 1.94 bits per heavy atom. The molecule has 0 aliphatic carbocycles. The van der Waals surface area contributed by atoms with Crippen molar-refractivity contribution in [2.45, 2.75) is 0 Å². The van der Waals surface area contributed by atoms with Gasteiger partial charge in [0.25, 0.3) is 5.91 Å². The molecule has 1 aromatic carbocycles. The molecule has 2 rings (SSSR count). The van der Waals surface area contributed by atoms with Crippen LogP contribution in [0.4, 0.5) is 0 Å². The van der Waals surface area contributed by atoms with E-state index < -0.39 is 0 Å². The normalized spacial score (nSPS) is 14.2. The lowest BCUT2D eigenvalue weighted by Crippen LogP contribution is -2.16. The first-order chi connectivity index (χ1) is 8.36. The summed E-state index contributed by atoms with van der Waals surface area (Å²) in [7, 11) is 0. The van der Waals surface area contributed by atoms with Gasteiger partial charge < -0.3 is 0 Å². The zero-order valence-electron chi connectivity index (χ0n) is 9.23. The average Bonchev–Trinajstić information content (AvgIpc) is 2.66. The molecule has 3 nitrogen and oxygen atoms in total. The molecule has 0 aromatic heterocycles. The maximum absolute atomic E-state index is 11.8. The lowest BCUT2D eigenvalue weighted by atomic mass is 10.2. The van der Waals surface area contributed by atoms with Crippen molar-refractivity contribution in [2.24, 2.45) is 5.10 Å². The molecule has 0 saturated carbocycles. The van der Waals surface area contributed by atoms with Crippen molar-refractivity contribution in [3.8, 4) is 0 Å². The van der Waals surface area contributed by atoms with Gasteiger partial charge in [0.15, 0.2) is 0 Å². The van der Waals surface area contributed by atoms with Gasteiger partial charge in [-0.05, 0) is 23.8 Å². The number of allylic oxidation sites excluding steroid dienone is 3. The number of carbonyl (C=O) groups is 1. The maximum atomic E-state index is 11.8. The number of rotatable bonds is 2. The highest BCUT2D eigenvalue weighted by Crippen LogP contribution is 2.03. The summed E-state index contributed by atoms with van der Waals surface area (Å²) in [5.41, 5.74) is 0.988. The molecule has 0 atom stereocenters. The second-order valence-corrected chi connectivity index (χ2v) is 3.42. The number of hydrazone groups is 1. The van der Waals surface area contributed by atoms with Crippen molar-refractivity contribution >= 4 is 18.2 Å². The lowest BCUT2D eigenvalue weighted by molar-refractivity contribution is -0.123. The van der Waals surface area contributed by atoms with E-state index in [1.807, 2.05) is 36.4 Å². The summed E-state index contributed by atoms with van der Waals surface area (Å²) in [6, 6.07) is 9.67. The number of carbonyl (C=O) groups excluding carboxylic acids is 1. The third-order valence-corrected chi connectivity index (χ3v) is 2.17. The Morgan fingerprint density at radius 1 is 1.12 bits per heavy atom. The Kier molecular flexibility index (Phi) is 3.65. The molecular formula is C14H12N2O. The Morgan fingerprint density at radius 3 is 2.76 bits per heavy atom. The predicted molar refractivity (Wildman–Crippen MR) is 69.1 cm³/mol. The van der Waals surface area contributed by atoms with E-state index in [1.165, 1.54) is 11.1 Å². The van der Waals surface area contributed by atoms with Crippen molar-refractivity contribution in [3.63, 3.8) is 0 Å². The SMILES string of the molecule is O=C(C=Cc1ccccc1)N1C=CC=CC=N1. The van der Waals surface area contributed by atoms with Gasteiger partial charge in [-0.15, -0.1) is 0 Å². The molecule has 17 heavy (non-hydrogen) atoms. The summed E-state index contributed by atoms with van der Waals surface area (Å²) in [4.78, 5) is 11.8. The van der Waals surface area contributed by atoms with Gasteiger partial charge in [-0.3, -0.25) is 4.79 Å². The van der Waals surface area contributed by atoms with Gasteiger partial charge in [-0.2, -0.15) is 5.10 Å². The van der Waals surface area contributed by atoms with Crippen LogP contribution in [-0.2, 0) is 4.79 Å². The molecule has 3 heteroatoms. The van der Waals surface area contributed by atoms with Crippen LogP contribution < -0.4 is 0 Å². The second kappa shape index (κ2) is 5.61. The molecule has 0 spiro atoms. The molecule has 0 saturated heterocycles. The van der Waals surface area contributed by atoms with Crippen molar-refractivity contribution in [2.75, 3.05) is 0 Å². The number of hydrogen-bond acceptors (Lipinski definition) is 2. The molecule has 1 aliphatic heterocycles. The van der Waals surface area contributed by atoms with Crippen molar-refractivity contribution in [1.29, 1.82) is 0 Å². The predicted octanol–water partition coefficient (Wildman–Crippen LogP) is 2.60. The molecule has 1 aromatic rings. The van der Waals surface area contributed by atoms with Gasteiger partial charge in [-0.1, -0.05) is 36.4 Å². The number of benzene rings is 1. The van der Waals surface area contributed by atoms with Crippen LogP contribution in [0.5, 0.6) is 0 Å². The highest BCUT2D eigenvalue weighted by molar-refractivity contribution is 5.93. The van der Waals surface area contributed by atoms with E-state index in [2.05, 4.69) is 5.10 Å². The largest absolute Gasteiger partial charge is 0.270 e. The van der Waals surface area contributed by atoms with Crippen molar-refractivity contribution in [1.82, 2.24) is 5.01 Å². The quantitative estimate of drug-likeness (QED) is 0.711. The van der Waals surface area contributed by atoms with Crippen LogP contribution in [0.2, 0.25) is 0 Å². The summed E-state index contributed by atoms with van der Waals surface area (Å²) >= 11 is 0. The highest BCUT2D eigenvalue weighted by Gasteiger charge is 2.04. The van der Waals surface area contributed by atoms with Crippen LogP contribution >= 0.6 is 0 Å². The Balaban J connectivity index is 2.04. The summed E-state index contributed by atoms with van der Waals surface area (Å²) in [5, 5.41) is 5.26. The fourth-order valence-corrected chi connectivity index (χ4v) is 1.33. The topological polar surface area (TPSA) is 32.7 Å². The minimum Gasteiger partial charge on any atom is -0.267 e. The monoisotopic (exact) mass is 224 g/mol. The van der Waals surface area contributed by atoms with E-state index in [-0.39, 0.29) is 5.91 Å². The Hall–Kier alpha value is -2.42. The standard InChI is InChI=1S/C14H12N2O/c17-14(16-12-6-2-5-11-15-16)10-9-13-7-3-1-4-8-13/h1-12H. The number of hydrogen-bond donors (Lipinski definition) is 0. The average molecular weight is 224 g/mol. The fraction of sp³-hybridized carbons (Fsp3) is 0. The van der Waals surface area contributed by atoms with Gasteiger partial charge in [0.05, 0.1) is 0 Å². The van der Waals surface area contributed by atoms with Crippen molar-refractivity contribution < 1.29 is 4.79 Å². The maximum Gasteiger partial charge on any atom is 0.270 e. The summed E-state index contributed by atoms with van der Waals surface area (Å²) < 4.78 is 0. The third kappa shape index (κ3) is 3.28. The first-order valence-electron chi connectivity index (χ1n) is 5.30. The minimum atomic E-state index is -0.176. The molecule has 1 heterocycles. The van der Waals surface area contributed by atoms with Crippen LogP contribution in [-0.4, -0.2) is 17.1 Å². The Bertz CT molecular complexity index is 482. The van der Waals surface area contributed by atoms with Crippen LogP contribution in [0, 0.1) is 0 Å². The van der Waals surface area contributed by atoms with Gasteiger partial charge in [0.2, 0.25) is 0 Å². The van der Waals surface area contributed by atoms with E-state index in [9.17, 15) is 4.79 Å². The van der Waals surface area contributed by atoms with Gasteiger partial charge >= 0.3 is 0 Å². The molecular weight excluding hydrogens is 212 g/mol. The number of amides is 1. The minimum absolute atomic E-state index is 0.176. The summed E-state index contributed by atoms with van der Waals surface area (Å²) in [6.45, 7) is 0. The van der Waals surface area contributed by atoms with Gasteiger partial charge in [0, 0.05) is 18.5 Å². The zero-order chi connectivity index (χ0) is 11.9. The molecule has 0 radical (unpaired) electrons. The molecule has 0 unspecified atom stereocenters. The van der Waals surface area contributed by atoms with E-state index in [0.717, 1.165) is 5.56 Å². The van der Waals surface area contributed by atoms with E-state index in [1.54, 1.807) is 30.6 Å². The van der Waals surface area contributed by atoms with Gasteiger partial charge in [-0.25, -0.2) is 5.01 Å². The van der Waals surface area contributed by atoms with Crippen LogP contribution in [0.3, 0.4) is 0 Å². The first-order valence-corrected chi connectivity index (χ1v) is 5.30.